The van der Waals surface area contributed by atoms with Gasteiger partial charge in [0.1, 0.15) is 0 Å². The van der Waals surface area contributed by atoms with E-state index in [4.69, 9.17) is 9.47 Å². The molecular weight excluding hydrogens is 264 g/mol. The zero-order chi connectivity index (χ0) is 15.1. The predicted molar refractivity (Wildman–Crippen MR) is 73.4 cm³/mol. The van der Waals surface area contributed by atoms with E-state index in [9.17, 15) is 14.4 Å². The largest absolute Gasteiger partial charge is 0.462 e. The highest BCUT2D eigenvalue weighted by molar-refractivity contribution is 5.86. The summed E-state index contributed by atoms with van der Waals surface area (Å²) in [7, 11) is 4.48. The van der Waals surface area contributed by atoms with Gasteiger partial charge in [0.2, 0.25) is 0 Å². The molecule has 0 amide bonds. The molecule has 110 valence electrons. The Morgan fingerprint density at radius 1 is 1.30 bits per heavy atom. The summed E-state index contributed by atoms with van der Waals surface area (Å²) in [6, 6.07) is 0. The molecule has 7 nitrogen and oxygen atoms in total. The van der Waals surface area contributed by atoms with Gasteiger partial charge in [-0.05, 0) is 6.08 Å². The highest BCUT2D eigenvalue weighted by atomic mass is 16.5. The first kappa shape index (κ1) is 15.9. The smallest absolute Gasteiger partial charge is 0.330 e. The Hall–Kier alpha value is -2.15. The molecule has 0 N–H and O–H groups in total. The molecule has 1 rings (SSSR count). The molecular formula is C13H18N2O5. The Labute approximate surface area is 116 Å². The normalized spacial score (nSPS) is 10.9. The van der Waals surface area contributed by atoms with Crippen molar-refractivity contribution in [1.29, 1.82) is 0 Å². The standard InChI is InChI=1S/C13H18N2O5/c1-14-9-10(12(17)15(2)13(14)18)5-6-11(16)20-8-4-7-19-3/h5-6,9H,4,7-8H2,1-3H3/b6-5+. The van der Waals surface area contributed by atoms with Crippen LogP contribution in [0.4, 0.5) is 0 Å². The third-order valence-electron chi connectivity index (χ3n) is 2.61. The van der Waals surface area contributed by atoms with Crippen LogP contribution in [0.5, 0.6) is 0 Å². The second kappa shape index (κ2) is 7.44. The summed E-state index contributed by atoms with van der Waals surface area (Å²) in [4.78, 5) is 34.7. The van der Waals surface area contributed by atoms with Crippen molar-refractivity contribution < 1.29 is 14.3 Å². The van der Waals surface area contributed by atoms with Gasteiger partial charge in [0.15, 0.2) is 0 Å². The monoisotopic (exact) mass is 282 g/mol. The molecule has 7 heteroatoms. The van der Waals surface area contributed by atoms with Crippen molar-refractivity contribution in [3.8, 4) is 0 Å². The summed E-state index contributed by atoms with van der Waals surface area (Å²) in [6.07, 6.45) is 4.48. The van der Waals surface area contributed by atoms with Gasteiger partial charge < -0.3 is 14.0 Å². The number of rotatable bonds is 6. The van der Waals surface area contributed by atoms with Gasteiger partial charge in [0.25, 0.3) is 5.56 Å². The molecule has 0 saturated carbocycles. The summed E-state index contributed by atoms with van der Waals surface area (Å²) in [5.41, 5.74) is -0.644. The fourth-order valence-corrected chi connectivity index (χ4v) is 1.53. The molecule has 0 aliphatic heterocycles. The first-order valence-corrected chi connectivity index (χ1v) is 6.07. The van der Waals surface area contributed by atoms with Crippen LogP contribution in [0.3, 0.4) is 0 Å². The number of nitrogens with zero attached hydrogens (tertiary/aromatic N) is 2. The van der Waals surface area contributed by atoms with Gasteiger partial charge >= 0.3 is 11.7 Å². The van der Waals surface area contributed by atoms with Gasteiger partial charge in [-0.15, -0.1) is 0 Å². The van der Waals surface area contributed by atoms with E-state index < -0.39 is 17.2 Å². The van der Waals surface area contributed by atoms with E-state index in [0.29, 0.717) is 13.0 Å². The first-order chi connectivity index (χ1) is 9.47. The summed E-state index contributed by atoms with van der Waals surface area (Å²) >= 11 is 0. The molecule has 0 aromatic carbocycles. The number of hydrogen-bond donors (Lipinski definition) is 0. The molecule has 20 heavy (non-hydrogen) atoms. The number of methoxy groups -OCH3 is 1. The number of carbonyl (C=O) groups is 1. The van der Waals surface area contributed by atoms with Gasteiger partial charge in [-0.1, -0.05) is 0 Å². The van der Waals surface area contributed by atoms with E-state index in [2.05, 4.69) is 0 Å². The number of ether oxygens (including phenoxy) is 2. The van der Waals surface area contributed by atoms with E-state index in [0.717, 1.165) is 10.6 Å². The summed E-state index contributed by atoms with van der Waals surface area (Å²) < 4.78 is 12.0. The maximum absolute atomic E-state index is 11.8. The molecule has 1 heterocycles. The van der Waals surface area contributed by atoms with Gasteiger partial charge in [-0.3, -0.25) is 9.36 Å². The van der Waals surface area contributed by atoms with Crippen LogP contribution in [-0.2, 0) is 28.4 Å². The molecule has 0 fully saturated rings. The lowest BCUT2D eigenvalue weighted by Crippen LogP contribution is -2.37. The number of aromatic nitrogens is 2. The molecule has 0 saturated heterocycles. The van der Waals surface area contributed by atoms with Gasteiger partial charge in [-0.25, -0.2) is 9.59 Å². The lowest BCUT2D eigenvalue weighted by molar-refractivity contribution is -0.138. The Morgan fingerprint density at radius 2 is 2.00 bits per heavy atom. The van der Waals surface area contributed by atoms with Gasteiger partial charge in [0.05, 0.1) is 12.2 Å². The van der Waals surface area contributed by atoms with E-state index in [1.165, 1.54) is 30.9 Å². The Morgan fingerprint density at radius 3 is 2.65 bits per heavy atom. The quantitative estimate of drug-likeness (QED) is 0.406. The van der Waals surface area contributed by atoms with Crippen LogP contribution in [0.15, 0.2) is 21.9 Å². The molecule has 1 aromatic heterocycles. The minimum atomic E-state index is -0.544. The van der Waals surface area contributed by atoms with Crippen molar-refractivity contribution in [3.63, 3.8) is 0 Å². The molecule has 0 aliphatic carbocycles. The number of aryl methyl sites for hydroxylation is 1. The van der Waals surface area contributed by atoms with Crippen LogP contribution in [0.1, 0.15) is 12.0 Å². The van der Waals surface area contributed by atoms with Crippen LogP contribution >= 0.6 is 0 Å². The first-order valence-electron chi connectivity index (χ1n) is 6.07. The van der Waals surface area contributed by atoms with Crippen molar-refractivity contribution in [3.05, 3.63) is 38.7 Å². The molecule has 1 aromatic rings. The molecule has 0 aliphatic rings. The average Bonchev–Trinajstić information content (AvgIpc) is 2.43. The summed E-state index contributed by atoms with van der Waals surface area (Å²) in [6.45, 7) is 0.765. The van der Waals surface area contributed by atoms with Crippen molar-refractivity contribution >= 4 is 12.0 Å². The Balaban J connectivity index is 2.74. The minimum absolute atomic E-state index is 0.239. The highest BCUT2D eigenvalue weighted by Crippen LogP contribution is 1.94. The fraction of sp³-hybridized carbons (Fsp3) is 0.462. The van der Waals surface area contributed by atoms with Crippen LogP contribution < -0.4 is 11.2 Å². The lowest BCUT2D eigenvalue weighted by atomic mass is 10.3. The van der Waals surface area contributed by atoms with E-state index in [1.807, 2.05) is 0 Å². The highest BCUT2D eigenvalue weighted by Gasteiger charge is 2.04. The number of carbonyl (C=O) groups excluding carboxylic acids is 1. The van der Waals surface area contributed by atoms with Crippen LogP contribution in [-0.4, -0.2) is 35.4 Å². The zero-order valence-electron chi connectivity index (χ0n) is 11.8. The minimum Gasteiger partial charge on any atom is -0.462 e. The third kappa shape index (κ3) is 4.20. The predicted octanol–water partition coefficient (Wildman–Crippen LogP) is -0.323. The van der Waals surface area contributed by atoms with E-state index >= 15 is 0 Å². The molecule has 0 atom stereocenters. The second-order valence-electron chi connectivity index (χ2n) is 4.19. The Kier molecular flexibility index (Phi) is 5.92. The molecule has 0 spiro atoms. The fourth-order valence-electron chi connectivity index (χ4n) is 1.53. The van der Waals surface area contributed by atoms with Gasteiger partial charge in [0, 0.05) is 46.5 Å². The average molecular weight is 282 g/mol. The Bertz CT molecular complexity index is 612. The molecule has 0 unspecified atom stereocenters. The molecule has 0 bridgehead atoms. The van der Waals surface area contributed by atoms with Crippen molar-refractivity contribution in [2.24, 2.45) is 14.1 Å². The zero-order valence-corrected chi connectivity index (χ0v) is 11.8. The number of hydrogen-bond acceptors (Lipinski definition) is 5. The van der Waals surface area contributed by atoms with Crippen molar-refractivity contribution in [2.75, 3.05) is 20.3 Å². The maximum atomic E-state index is 11.8. The van der Waals surface area contributed by atoms with E-state index in [1.54, 1.807) is 7.11 Å². The third-order valence-corrected chi connectivity index (χ3v) is 2.61. The van der Waals surface area contributed by atoms with Crippen molar-refractivity contribution in [2.45, 2.75) is 6.42 Å². The van der Waals surface area contributed by atoms with Crippen LogP contribution in [0.2, 0.25) is 0 Å². The SMILES string of the molecule is COCCCOC(=O)/C=C/c1cn(C)c(=O)n(C)c1=O. The van der Waals surface area contributed by atoms with Gasteiger partial charge in [-0.2, -0.15) is 0 Å². The summed E-state index contributed by atoms with van der Waals surface area (Å²) in [5.74, 6) is -0.544. The topological polar surface area (TPSA) is 79.5 Å². The number of esters is 1. The van der Waals surface area contributed by atoms with E-state index in [-0.39, 0.29) is 12.2 Å². The van der Waals surface area contributed by atoms with Crippen molar-refractivity contribution in [1.82, 2.24) is 9.13 Å². The second-order valence-corrected chi connectivity index (χ2v) is 4.19. The van der Waals surface area contributed by atoms with Crippen LogP contribution in [0, 0.1) is 0 Å². The summed E-state index contributed by atoms with van der Waals surface area (Å²) in [5, 5.41) is 0. The van der Waals surface area contributed by atoms with Crippen LogP contribution in [0.25, 0.3) is 6.08 Å². The maximum Gasteiger partial charge on any atom is 0.330 e. The lowest BCUT2D eigenvalue weighted by Gasteiger charge is -2.03. The molecule has 0 radical (unpaired) electrons.